The van der Waals surface area contributed by atoms with Gasteiger partial charge >= 0.3 is 0 Å². The highest BCUT2D eigenvalue weighted by Gasteiger charge is 2.20. The van der Waals surface area contributed by atoms with Gasteiger partial charge in [-0.3, -0.25) is 9.59 Å². The molecule has 0 saturated carbocycles. The second-order valence-electron chi connectivity index (χ2n) is 7.72. The Hall–Kier alpha value is -2.86. The van der Waals surface area contributed by atoms with E-state index >= 15 is 0 Å². The third-order valence-electron chi connectivity index (χ3n) is 5.27. The number of nitrogens with one attached hydrogen (secondary N) is 2. The minimum Gasteiger partial charge on any atom is -0.367 e. The summed E-state index contributed by atoms with van der Waals surface area (Å²) in [6.45, 7) is 7.35. The van der Waals surface area contributed by atoms with Crippen LogP contribution in [0, 0.1) is 6.92 Å². The van der Waals surface area contributed by atoms with Gasteiger partial charge in [-0.1, -0.05) is 42.0 Å². The van der Waals surface area contributed by atoms with Crippen molar-refractivity contribution < 1.29 is 9.59 Å². The summed E-state index contributed by atoms with van der Waals surface area (Å²) < 4.78 is 0. The van der Waals surface area contributed by atoms with Crippen molar-refractivity contribution in [3.05, 3.63) is 59.7 Å². The van der Waals surface area contributed by atoms with Crippen LogP contribution in [0.15, 0.2) is 48.5 Å². The van der Waals surface area contributed by atoms with Crippen molar-refractivity contribution >= 4 is 23.2 Å². The Morgan fingerprint density at radius 1 is 1.00 bits per heavy atom. The lowest BCUT2D eigenvalue weighted by atomic mass is 10.0. The summed E-state index contributed by atoms with van der Waals surface area (Å²) in [5.74, 6) is -0.271. The molecule has 1 heterocycles. The molecule has 0 spiro atoms. The third kappa shape index (κ3) is 5.81. The van der Waals surface area contributed by atoms with Crippen LogP contribution < -0.4 is 15.5 Å². The molecule has 2 amide bonds. The maximum absolute atomic E-state index is 12.8. The van der Waals surface area contributed by atoms with Gasteiger partial charge in [0.25, 0.3) is 0 Å². The Labute approximate surface area is 172 Å². The van der Waals surface area contributed by atoms with Gasteiger partial charge in [0.15, 0.2) is 0 Å². The van der Waals surface area contributed by atoms with E-state index in [0.717, 1.165) is 48.7 Å². The summed E-state index contributed by atoms with van der Waals surface area (Å²) >= 11 is 0. The molecule has 0 bridgehead atoms. The van der Waals surface area contributed by atoms with E-state index in [1.54, 1.807) is 0 Å². The molecule has 1 fully saturated rings. The quantitative estimate of drug-likeness (QED) is 0.791. The van der Waals surface area contributed by atoms with Crippen molar-refractivity contribution in [1.82, 2.24) is 10.2 Å². The number of hydrogen-bond acceptors (Lipinski definition) is 4. The number of rotatable bonds is 6. The minimum absolute atomic E-state index is 0.120. The van der Waals surface area contributed by atoms with Crippen molar-refractivity contribution in [2.24, 2.45) is 0 Å². The van der Waals surface area contributed by atoms with Crippen molar-refractivity contribution in [2.75, 3.05) is 43.4 Å². The Balaban J connectivity index is 1.72. The Kier molecular flexibility index (Phi) is 6.88. The molecule has 2 N–H and O–H groups in total. The highest BCUT2D eigenvalue weighted by Crippen LogP contribution is 2.27. The van der Waals surface area contributed by atoms with E-state index in [-0.39, 0.29) is 24.3 Å². The average molecular weight is 395 g/mol. The lowest BCUT2D eigenvalue weighted by Gasteiger charge is -2.35. The summed E-state index contributed by atoms with van der Waals surface area (Å²) in [7, 11) is 2.12. The molecule has 1 atom stereocenters. The highest BCUT2D eigenvalue weighted by atomic mass is 16.2. The smallest absolute Gasteiger partial charge is 0.226 e. The van der Waals surface area contributed by atoms with Crippen LogP contribution in [0.1, 0.15) is 30.5 Å². The van der Waals surface area contributed by atoms with Crippen LogP contribution in [0.3, 0.4) is 0 Å². The first-order valence-corrected chi connectivity index (χ1v) is 10.1. The summed E-state index contributed by atoms with van der Waals surface area (Å²) in [5.41, 5.74) is 3.92. The van der Waals surface area contributed by atoms with E-state index in [2.05, 4.69) is 27.5 Å². The molecule has 2 aromatic rings. The van der Waals surface area contributed by atoms with Crippen LogP contribution in [0.5, 0.6) is 0 Å². The Morgan fingerprint density at radius 3 is 2.31 bits per heavy atom. The predicted molar refractivity (Wildman–Crippen MR) is 117 cm³/mol. The van der Waals surface area contributed by atoms with Gasteiger partial charge in [0.05, 0.1) is 23.8 Å². The van der Waals surface area contributed by atoms with E-state index < -0.39 is 0 Å². The third-order valence-corrected chi connectivity index (χ3v) is 5.27. The fraction of sp³-hybridized carbons (Fsp3) is 0.391. The van der Waals surface area contributed by atoms with E-state index in [1.807, 2.05) is 55.5 Å². The van der Waals surface area contributed by atoms with Gasteiger partial charge in [0.1, 0.15) is 0 Å². The van der Waals surface area contributed by atoms with Crippen LogP contribution >= 0.6 is 0 Å². The van der Waals surface area contributed by atoms with E-state index in [1.165, 1.54) is 6.92 Å². The fourth-order valence-electron chi connectivity index (χ4n) is 3.59. The van der Waals surface area contributed by atoms with Crippen molar-refractivity contribution in [3.8, 4) is 0 Å². The number of para-hydroxylation sites is 2. The fourth-order valence-corrected chi connectivity index (χ4v) is 3.59. The van der Waals surface area contributed by atoms with E-state index in [9.17, 15) is 9.59 Å². The van der Waals surface area contributed by atoms with Gasteiger partial charge in [-0.15, -0.1) is 0 Å². The molecule has 1 unspecified atom stereocenters. The van der Waals surface area contributed by atoms with Crippen molar-refractivity contribution in [1.29, 1.82) is 0 Å². The molecule has 29 heavy (non-hydrogen) atoms. The van der Waals surface area contributed by atoms with Gasteiger partial charge in [-0.05, 0) is 31.7 Å². The predicted octanol–water partition coefficient (Wildman–Crippen LogP) is 2.95. The lowest BCUT2D eigenvalue weighted by molar-refractivity contribution is -0.120. The highest BCUT2D eigenvalue weighted by molar-refractivity contribution is 5.95. The number of aryl methyl sites for hydroxylation is 1. The first-order valence-electron chi connectivity index (χ1n) is 10.1. The molecule has 1 aliphatic rings. The number of likely N-dealkylation sites (N-methyl/N-ethyl adjacent to an activating group) is 1. The Morgan fingerprint density at radius 2 is 1.66 bits per heavy atom. The van der Waals surface area contributed by atoms with Gasteiger partial charge in [0.2, 0.25) is 11.8 Å². The number of benzene rings is 2. The van der Waals surface area contributed by atoms with E-state index in [0.29, 0.717) is 0 Å². The number of amides is 2. The second-order valence-corrected chi connectivity index (χ2v) is 7.72. The zero-order chi connectivity index (χ0) is 20.8. The summed E-state index contributed by atoms with van der Waals surface area (Å²) in [4.78, 5) is 29.1. The van der Waals surface area contributed by atoms with Gasteiger partial charge in [-0.2, -0.15) is 0 Å². The zero-order valence-electron chi connectivity index (χ0n) is 17.4. The van der Waals surface area contributed by atoms with Crippen LogP contribution in [0.25, 0.3) is 0 Å². The molecule has 3 rings (SSSR count). The first kappa shape index (κ1) is 20.9. The molecule has 2 aromatic carbocycles. The average Bonchev–Trinajstić information content (AvgIpc) is 2.69. The maximum atomic E-state index is 12.8. The molecule has 6 nitrogen and oxygen atoms in total. The molecule has 154 valence electrons. The lowest BCUT2D eigenvalue weighted by Crippen LogP contribution is -2.44. The molecular weight excluding hydrogens is 364 g/mol. The van der Waals surface area contributed by atoms with Crippen LogP contribution in [-0.2, 0) is 9.59 Å². The van der Waals surface area contributed by atoms with Gasteiger partial charge in [0, 0.05) is 33.1 Å². The molecule has 6 heteroatoms. The summed E-state index contributed by atoms with van der Waals surface area (Å²) in [5, 5.41) is 5.96. The molecular formula is C23H30N4O2. The maximum Gasteiger partial charge on any atom is 0.226 e. The standard InChI is InChI=1S/C23H30N4O2/c1-17-8-10-19(11-9-17)21(24-18(2)28)16-23(29)25-20-6-4-5-7-22(20)27-14-12-26(3)13-15-27/h4-11,21H,12-16H2,1-3H3,(H,24,28)(H,25,29). The van der Waals surface area contributed by atoms with Crippen LogP contribution in [0.2, 0.25) is 0 Å². The van der Waals surface area contributed by atoms with Crippen molar-refractivity contribution in [2.45, 2.75) is 26.3 Å². The number of carbonyl (C=O) groups is 2. The topological polar surface area (TPSA) is 64.7 Å². The van der Waals surface area contributed by atoms with Gasteiger partial charge in [-0.25, -0.2) is 0 Å². The largest absolute Gasteiger partial charge is 0.367 e. The number of carbonyl (C=O) groups excluding carboxylic acids is 2. The minimum atomic E-state index is -0.358. The SMILES string of the molecule is CC(=O)NC(CC(=O)Nc1ccccc1N1CCN(C)CC1)c1ccc(C)cc1. The normalized spacial score (nSPS) is 15.6. The second kappa shape index (κ2) is 9.56. The van der Waals surface area contributed by atoms with Crippen LogP contribution in [0.4, 0.5) is 11.4 Å². The number of nitrogens with zero attached hydrogens (tertiary/aromatic N) is 2. The zero-order valence-corrected chi connectivity index (χ0v) is 17.4. The number of anilines is 2. The molecule has 0 aromatic heterocycles. The molecule has 1 saturated heterocycles. The molecule has 0 aliphatic carbocycles. The Bertz CT molecular complexity index is 842. The monoisotopic (exact) mass is 394 g/mol. The molecule has 0 radical (unpaired) electrons. The van der Waals surface area contributed by atoms with E-state index in [4.69, 9.17) is 0 Å². The number of hydrogen-bond donors (Lipinski definition) is 2. The number of piperazine rings is 1. The van der Waals surface area contributed by atoms with Crippen molar-refractivity contribution in [3.63, 3.8) is 0 Å². The molecule has 1 aliphatic heterocycles. The summed E-state index contributed by atoms with van der Waals surface area (Å²) in [6, 6.07) is 15.5. The van der Waals surface area contributed by atoms with Crippen LogP contribution in [-0.4, -0.2) is 49.9 Å². The summed E-state index contributed by atoms with van der Waals surface area (Å²) in [6.07, 6.45) is 0.180. The van der Waals surface area contributed by atoms with Gasteiger partial charge < -0.3 is 20.4 Å². The first-order chi connectivity index (χ1) is 13.9.